The smallest absolute Gasteiger partial charge is 0.184 e. The predicted octanol–water partition coefficient (Wildman–Crippen LogP) is 1.58. The first-order chi connectivity index (χ1) is 12.6. The number of ether oxygens (including phenoxy) is 5. The van der Waals surface area contributed by atoms with Crippen LogP contribution in [0.2, 0.25) is 0 Å². The molecule has 5 rings (SSSR count). The van der Waals surface area contributed by atoms with Crippen LogP contribution in [0.15, 0.2) is 0 Å². The van der Waals surface area contributed by atoms with E-state index in [2.05, 4.69) is 0 Å². The lowest BCUT2D eigenvalue weighted by molar-refractivity contribution is -0.284. The second-order valence-electron chi connectivity index (χ2n) is 8.56. The highest BCUT2D eigenvalue weighted by Gasteiger charge is 2.60. The summed E-state index contributed by atoms with van der Waals surface area (Å²) in [5.41, 5.74) is 0. The molecule has 6 atom stereocenters. The van der Waals surface area contributed by atoms with Crippen LogP contribution in [-0.2, 0) is 23.7 Å². The largest absolute Gasteiger partial charge is 0.385 e. The molecule has 2 saturated carbocycles. The van der Waals surface area contributed by atoms with Gasteiger partial charge in [0.1, 0.15) is 30.5 Å². The maximum atomic E-state index is 10.4. The summed E-state index contributed by atoms with van der Waals surface area (Å²) in [5, 5.41) is 20.7. The number of rotatable bonds is 1. The van der Waals surface area contributed by atoms with E-state index in [-0.39, 0.29) is 6.10 Å². The molecule has 26 heavy (non-hydrogen) atoms. The molecule has 3 heterocycles. The van der Waals surface area contributed by atoms with Crippen molar-refractivity contribution in [1.82, 2.24) is 0 Å². The highest BCUT2D eigenvalue weighted by molar-refractivity contribution is 5.02. The summed E-state index contributed by atoms with van der Waals surface area (Å²) in [5.74, 6) is -1.16. The fourth-order valence-electron chi connectivity index (χ4n) is 5.37. The van der Waals surface area contributed by atoms with Crippen LogP contribution in [0.25, 0.3) is 0 Å². The summed E-state index contributed by atoms with van der Waals surface area (Å²) in [6.07, 6.45) is 5.90. The minimum atomic E-state index is -1.30. The second-order valence-corrected chi connectivity index (χ2v) is 8.56. The van der Waals surface area contributed by atoms with E-state index in [1.165, 1.54) is 12.8 Å². The molecule has 5 fully saturated rings. The lowest BCUT2D eigenvalue weighted by Gasteiger charge is -2.40. The van der Waals surface area contributed by atoms with Crippen LogP contribution in [0, 0.1) is 0 Å². The van der Waals surface area contributed by atoms with Gasteiger partial charge in [0.25, 0.3) is 0 Å². The van der Waals surface area contributed by atoms with Crippen molar-refractivity contribution in [2.45, 2.75) is 113 Å². The molecule has 2 spiro atoms. The van der Waals surface area contributed by atoms with Crippen molar-refractivity contribution in [1.29, 1.82) is 0 Å². The molecule has 0 radical (unpaired) electrons. The molecule has 1 unspecified atom stereocenters. The first-order valence-electron chi connectivity index (χ1n) is 10.3. The molecule has 0 aromatic rings. The van der Waals surface area contributed by atoms with Crippen LogP contribution in [0.3, 0.4) is 0 Å². The third-order valence-electron chi connectivity index (χ3n) is 6.75. The summed E-state index contributed by atoms with van der Waals surface area (Å²) in [6.45, 7) is 0.424. The lowest BCUT2D eigenvalue weighted by Crippen LogP contribution is -2.60. The van der Waals surface area contributed by atoms with Gasteiger partial charge in [0.05, 0.1) is 6.61 Å². The lowest BCUT2D eigenvalue weighted by atomic mass is 9.93. The van der Waals surface area contributed by atoms with Crippen molar-refractivity contribution in [2.75, 3.05) is 6.61 Å². The number of aliphatic hydroxyl groups excluding tert-OH is 2. The van der Waals surface area contributed by atoms with Gasteiger partial charge in [-0.15, -0.1) is 0 Å². The van der Waals surface area contributed by atoms with Crippen LogP contribution in [0.5, 0.6) is 0 Å². The fraction of sp³-hybridized carbons (Fsp3) is 1.00. The molecule has 3 aliphatic heterocycles. The third kappa shape index (κ3) is 2.92. The zero-order valence-electron chi connectivity index (χ0n) is 15.2. The van der Waals surface area contributed by atoms with E-state index in [1.807, 2.05) is 0 Å². The summed E-state index contributed by atoms with van der Waals surface area (Å²) in [6, 6.07) is 0. The molecule has 3 saturated heterocycles. The van der Waals surface area contributed by atoms with E-state index >= 15 is 0 Å². The summed E-state index contributed by atoms with van der Waals surface area (Å²) in [4.78, 5) is 0. The third-order valence-corrected chi connectivity index (χ3v) is 6.75. The number of aliphatic hydroxyl groups is 2. The highest BCUT2D eigenvalue weighted by Crippen LogP contribution is 2.47. The van der Waals surface area contributed by atoms with Gasteiger partial charge in [-0.05, 0) is 25.7 Å². The van der Waals surface area contributed by atoms with Gasteiger partial charge in [-0.25, -0.2) is 0 Å². The van der Waals surface area contributed by atoms with E-state index in [4.69, 9.17) is 23.7 Å². The van der Waals surface area contributed by atoms with Gasteiger partial charge in [0.15, 0.2) is 17.9 Å². The van der Waals surface area contributed by atoms with Gasteiger partial charge in [0, 0.05) is 25.7 Å². The molecule has 2 N–H and O–H groups in total. The molecule has 0 bridgehead atoms. The van der Waals surface area contributed by atoms with Crippen LogP contribution in [-0.4, -0.2) is 65.2 Å². The molecule has 2 aliphatic carbocycles. The van der Waals surface area contributed by atoms with Crippen LogP contribution in [0.4, 0.5) is 0 Å². The standard InChI is InChI=1S/C19H30O7/c20-13-15-16(26-19(25-15)9-5-2-6-10-19)14(23-17(13)21)12-11-22-18(24-12)7-3-1-4-8-18/h12-17,20-21H,1-11H2/t12-,13-,14+,15+,16-,17?/m1/s1. The number of hydrogen-bond acceptors (Lipinski definition) is 7. The number of hydrogen-bond donors (Lipinski definition) is 2. The molecule has 148 valence electrons. The predicted molar refractivity (Wildman–Crippen MR) is 89.1 cm³/mol. The van der Waals surface area contributed by atoms with E-state index in [9.17, 15) is 10.2 Å². The van der Waals surface area contributed by atoms with Gasteiger partial charge < -0.3 is 33.9 Å². The molecule has 0 aromatic heterocycles. The Morgan fingerprint density at radius 2 is 1.27 bits per heavy atom. The Labute approximate surface area is 153 Å². The Bertz CT molecular complexity index is 514. The second kappa shape index (κ2) is 6.65. The van der Waals surface area contributed by atoms with Gasteiger partial charge >= 0.3 is 0 Å². The Kier molecular flexibility index (Phi) is 4.55. The van der Waals surface area contributed by atoms with E-state index in [0.717, 1.165) is 51.4 Å². The van der Waals surface area contributed by atoms with Crippen LogP contribution < -0.4 is 0 Å². The van der Waals surface area contributed by atoms with Crippen molar-refractivity contribution < 1.29 is 33.9 Å². The first-order valence-corrected chi connectivity index (χ1v) is 10.3. The monoisotopic (exact) mass is 370 g/mol. The molecule has 5 aliphatic rings. The maximum Gasteiger partial charge on any atom is 0.184 e. The maximum absolute atomic E-state index is 10.4. The molecule has 0 aromatic carbocycles. The van der Waals surface area contributed by atoms with Crippen molar-refractivity contribution >= 4 is 0 Å². The highest BCUT2D eigenvalue weighted by atomic mass is 16.8. The molecular formula is C19H30O7. The normalized spacial score (nSPS) is 47.3. The minimum Gasteiger partial charge on any atom is -0.385 e. The Morgan fingerprint density at radius 3 is 1.96 bits per heavy atom. The van der Waals surface area contributed by atoms with Crippen molar-refractivity contribution in [2.24, 2.45) is 0 Å². The van der Waals surface area contributed by atoms with Crippen molar-refractivity contribution in [3.63, 3.8) is 0 Å². The SMILES string of the molecule is OC1O[C@@H]([C@H]2COC3(CCCCC3)O2)[C@H]2OC3(CCCCC3)O[C@H]2[C@H]1O. The van der Waals surface area contributed by atoms with E-state index < -0.39 is 42.3 Å². The average molecular weight is 370 g/mol. The Balaban J connectivity index is 1.35. The fourth-order valence-corrected chi connectivity index (χ4v) is 5.37. The van der Waals surface area contributed by atoms with E-state index in [1.54, 1.807) is 0 Å². The molecule has 0 amide bonds. The minimum absolute atomic E-state index is 0.315. The molecular weight excluding hydrogens is 340 g/mol. The van der Waals surface area contributed by atoms with Gasteiger partial charge in [-0.1, -0.05) is 12.8 Å². The topological polar surface area (TPSA) is 86.6 Å². The molecule has 7 nitrogen and oxygen atoms in total. The average Bonchev–Trinajstić information content (AvgIpc) is 3.22. The van der Waals surface area contributed by atoms with Gasteiger partial charge in [-0.2, -0.15) is 0 Å². The molecule has 7 heteroatoms. The van der Waals surface area contributed by atoms with Gasteiger partial charge in [0.2, 0.25) is 0 Å². The summed E-state index contributed by atoms with van der Waals surface area (Å²) in [7, 11) is 0. The first kappa shape index (κ1) is 17.8. The van der Waals surface area contributed by atoms with E-state index in [0.29, 0.717) is 6.61 Å². The van der Waals surface area contributed by atoms with Crippen LogP contribution >= 0.6 is 0 Å². The zero-order chi connectivity index (χ0) is 17.8. The van der Waals surface area contributed by atoms with Crippen LogP contribution in [0.1, 0.15) is 64.2 Å². The van der Waals surface area contributed by atoms with Crippen molar-refractivity contribution in [3.8, 4) is 0 Å². The zero-order valence-corrected chi connectivity index (χ0v) is 15.2. The van der Waals surface area contributed by atoms with Crippen molar-refractivity contribution in [3.05, 3.63) is 0 Å². The quantitative estimate of drug-likeness (QED) is 0.725. The van der Waals surface area contributed by atoms with Gasteiger partial charge in [-0.3, -0.25) is 0 Å². The summed E-state index contributed by atoms with van der Waals surface area (Å²) < 4.78 is 30.7. The Hall–Kier alpha value is -0.280. The number of fused-ring (bicyclic) bond motifs is 1. The summed E-state index contributed by atoms with van der Waals surface area (Å²) >= 11 is 0. The Morgan fingerprint density at radius 1 is 0.654 bits per heavy atom.